The van der Waals surface area contributed by atoms with E-state index >= 15 is 0 Å². The SMILES string of the molecule is C1CCC([PH+](C2CCCCC2)C2CCCCC2)CC1.C1CCC([PH+](C2CCCCC2)C2CCCCC2)CC1.[Cl][Ru]([Cl])=[C]1C=C(c2ccccc2)c2ccccc21. The summed E-state index contributed by atoms with van der Waals surface area (Å²) in [6.07, 6.45) is 49.7. The Labute approximate surface area is 359 Å². The van der Waals surface area contributed by atoms with E-state index in [-0.39, 0.29) is 15.8 Å². The van der Waals surface area contributed by atoms with Crippen molar-refractivity contribution in [2.24, 2.45) is 0 Å². The van der Waals surface area contributed by atoms with Gasteiger partial charge in [-0.25, -0.2) is 0 Å². The first-order valence-electron chi connectivity index (χ1n) is 24.1. The van der Waals surface area contributed by atoms with E-state index in [0.717, 1.165) is 4.11 Å². The van der Waals surface area contributed by atoms with Gasteiger partial charge in [0.1, 0.15) is 0 Å². The van der Waals surface area contributed by atoms with E-state index in [1.807, 2.05) is 24.3 Å². The monoisotopic (exact) mass is 924 g/mol. The number of halogens is 2. The van der Waals surface area contributed by atoms with Gasteiger partial charge in [0.05, 0.1) is 34.0 Å². The summed E-state index contributed by atoms with van der Waals surface area (Å²) in [6.45, 7) is 0. The maximum absolute atomic E-state index is 6.19. The predicted molar refractivity (Wildman–Crippen MR) is 254 cm³/mol. The summed E-state index contributed by atoms with van der Waals surface area (Å²) in [7, 11) is 12.3. The van der Waals surface area contributed by atoms with Gasteiger partial charge < -0.3 is 0 Å². The minimum absolute atomic E-state index is 0.0465. The number of hydrogen-bond donors (Lipinski definition) is 0. The van der Waals surface area contributed by atoms with E-state index in [9.17, 15) is 0 Å². The van der Waals surface area contributed by atoms with Crippen molar-refractivity contribution in [2.45, 2.75) is 227 Å². The molecule has 0 spiro atoms. The number of fused-ring (bicyclic) bond motifs is 1. The Kier molecular flexibility index (Phi) is 18.9. The molecule has 312 valence electrons. The van der Waals surface area contributed by atoms with E-state index in [1.165, 1.54) is 56.2 Å². The molecule has 6 fully saturated rings. The van der Waals surface area contributed by atoms with E-state index in [2.05, 4.69) is 36.4 Å². The minimum atomic E-state index is -1.88. The number of allylic oxidation sites excluding steroid dienone is 1. The van der Waals surface area contributed by atoms with Crippen molar-refractivity contribution >= 4 is 44.9 Å². The zero-order chi connectivity index (χ0) is 38.4. The van der Waals surface area contributed by atoms with Gasteiger partial charge in [-0.15, -0.1) is 0 Å². The average Bonchev–Trinajstić information content (AvgIpc) is 3.67. The second kappa shape index (κ2) is 23.9. The van der Waals surface area contributed by atoms with Gasteiger partial charge in [-0.2, -0.15) is 0 Å². The Hall–Kier alpha value is 0.113. The molecule has 0 amide bonds. The molecule has 0 atom stereocenters. The van der Waals surface area contributed by atoms with Crippen LogP contribution in [0.1, 0.15) is 209 Å². The van der Waals surface area contributed by atoms with Crippen molar-refractivity contribution < 1.29 is 13.5 Å². The van der Waals surface area contributed by atoms with Crippen molar-refractivity contribution in [1.82, 2.24) is 0 Å². The Morgan fingerprint density at radius 2 is 0.643 bits per heavy atom. The van der Waals surface area contributed by atoms with E-state index in [1.54, 1.807) is 193 Å². The van der Waals surface area contributed by atoms with Crippen LogP contribution in [0.15, 0.2) is 60.7 Å². The van der Waals surface area contributed by atoms with E-state index in [0.29, 0.717) is 0 Å². The summed E-state index contributed by atoms with van der Waals surface area (Å²) >= 11 is -1.88. The molecule has 5 heteroatoms. The zero-order valence-electron chi connectivity index (χ0n) is 35.1. The van der Waals surface area contributed by atoms with Gasteiger partial charge in [0.25, 0.3) is 0 Å². The molecule has 0 radical (unpaired) electrons. The number of benzene rings is 2. The number of hydrogen-bond acceptors (Lipinski definition) is 0. The molecule has 0 saturated heterocycles. The average molecular weight is 925 g/mol. The molecule has 2 aromatic rings. The summed E-state index contributed by atoms with van der Waals surface area (Å²) in [5.74, 6) is 0. The molecule has 56 heavy (non-hydrogen) atoms. The van der Waals surface area contributed by atoms with E-state index < -0.39 is 13.5 Å². The standard InChI is InChI=1S/2C18H33P.C15H10.2ClH.Ru/c2*1-4-10-16(11-5-1)19(17-12-6-2-7-13-17)18-14-8-3-9-15-18;1-2-6-12(7-3-1)15-11-10-13-8-4-5-9-14(13)15;;;/h2*16-18H,1-15H2;1-9,11H;2*1H;/q;;;;;+2. The van der Waals surface area contributed by atoms with Crippen LogP contribution >= 0.6 is 35.2 Å². The Morgan fingerprint density at radius 3 is 0.946 bits per heavy atom. The van der Waals surface area contributed by atoms with Crippen molar-refractivity contribution in [3.8, 4) is 0 Å². The third-order valence-corrected chi connectivity index (χ3v) is 27.7. The van der Waals surface area contributed by atoms with Crippen molar-refractivity contribution in [1.29, 1.82) is 0 Å². The van der Waals surface area contributed by atoms with E-state index in [4.69, 9.17) is 19.4 Å². The molecule has 0 aliphatic heterocycles. The van der Waals surface area contributed by atoms with Gasteiger partial charge in [-0.1, -0.05) is 38.5 Å². The Morgan fingerprint density at radius 1 is 0.357 bits per heavy atom. The summed E-state index contributed by atoms with van der Waals surface area (Å²) in [5.41, 5.74) is 12.2. The first kappa shape index (κ1) is 44.2. The van der Waals surface area contributed by atoms with Gasteiger partial charge in [0, 0.05) is 15.8 Å². The van der Waals surface area contributed by atoms with Crippen LogP contribution in [0.3, 0.4) is 0 Å². The molecule has 0 heterocycles. The quantitative estimate of drug-likeness (QED) is 0.192. The van der Waals surface area contributed by atoms with Crippen molar-refractivity contribution in [3.63, 3.8) is 0 Å². The molecule has 0 N–H and O–H groups in total. The molecule has 0 bridgehead atoms. The molecule has 0 unspecified atom stereocenters. The van der Waals surface area contributed by atoms with Crippen LogP contribution in [-0.2, 0) is 13.5 Å². The van der Waals surface area contributed by atoms with Gasteiger partial charge in [-0.3, -0.25) is 0 Å². The van der Waals surface area contributed by atoms with Crippen LogP contribution in [0.5, 0.6) is 0 Å². The van der Waals surface area contributed by atoms with Gasteiger partial charge in [-0.05, 0) is 154 Å². The second-order valence-corrected chi connectivity index (χ2v) is 31.7. The predicted octanol–water partition coefficient (Wildman–Crippen LogP) is 17.0. The maximum atomic E-state index is 6.19. The summed E-state index contributed by atoms with van der Waals surface area (Å²) < 4.78 is 1.12. The molecule has 0 aromatic heterocycles. The van der Waals surface area contributed by atoms with Crippen LogP contribution in [0.2, 0.25) is 0 Å². The molecule has 0 nitrogen and oxygen atoms in total. The van der Waals surface area contributed by atoms with Gasteiger partial charge >= 0.3 is 120 Å². The summed E-state index contributed by atoms with van der Waals surface area (Å²) in [5, 5.41) is 0. The molecule has 7 aliphatic carbocycles. The summed E-state index contributed by atoms with van der Waals surface area (Å²) in [4.78, 5) is 0. The zero-order valence-corrected chi connectivity index (χ0v) is 40.3. The molecule has 6 saturated carbocycles. The summed E-state index contributed by atoms with van der Waals surface area (Å²) in [6, 6.07) is 18.7. The van der Waals surface area contributed by atoms with Crippen LogP contribution in [0, 0.1) is 0 Å². The fourth-order valence-corrected chi connectivity index (χ4v) is 25.7. The third-order valence-electron chi connectivity index (χ3n) is 15.4. The molecule has 7 aliphatic rings. The Balaban J connectivity index is 0.000000129. The van der Waals surface area contributed by atoms with Crippen molar-refractivity contribution in [2.75, 3.05) is 0 Å². The first-order valence-corrected chi connectivity index (χ1v) is 32.9. The normalized spacial score (nSPS) is 24.2. The van der Waals surface area contributed by atoms with Crippen molar-refractivity contribution in [3.05, 3.63) is 77.4 Å². The van der Waals surface area contributed by atoms with Gasteiger partial charge in [0.15, 0.2) is 0 Å². The fraction of sp³-hybridized carbons (Fsp3) is 0.706. The third kappa shape index (κ3) is 12.4. The van der Waals surface area contributed by atoms with Crippen LogP contribution < -0.4 is 0 Å². The molecule has 9 rings (SSSR count). The fourth-order valence-electron chi connectivity index (χ4n) is 12.8. The Bertz CT molecular complexity index is 1340. The molecular formula is C51H78Cl2P2Ru+2. The molecule has 2 aromatic carbocycles. The number of rotatable bonds is 7. The second-order valence-electron chi connectivity index (χ2n) is 19.0. The topological polar surface area (TPSA) is 0 Å². The van der Waals surface area contributed by atoms with Crippen LogP contribution in [0.25, 0.3) is 5.57 Å². The first-order chi connectivity index (χ1) is 27.7. The van der Waals surface area contributed by atoms with Crippen LogP contribution in [0.4, 0.5) is 0 Å². The molecular weight excluding hydrogens is 846 g/mol. The van der Waals surface area contributed by atoms with Gasteiger partial charge in [0.2, 0.25) is 0 Å². The van der Waals surface area contributed by atoms with Crippen LogP contribution in [-0.4, -0.2) is 38.1 Å².